The van der Waals surface area contributed by atoms with E-state index in [4.69, 9.17) is 5.11 Å². The zero-order valence-corrected chi connectivity index (χ0v) is 12.1. The van der Waals surface area contributed by atoms with E-state index in [2.05, 4.69) is 12.1 Å². The fourth-order valence-corrected chi connectivity index (χ4v) is 3.86. The molecule has 0 aliphatic carbocycles. The van der Waals surface area contributed by atoms with Gasteiger partial charge in [-0.15, -0.1) is 0 Å². The van der Waals surface area contributed by atoms with Crippen molar-refractivity contribution >= 4 is 11.9 Å². The van der Waals surface area contributed by atoms with E-state index in [1.54, 1.807) is 6.92 Å². The van der Waals surface area contributed by atoms with Gasteiger partial charge in [-0.3, -0.25) is 14.5 Å². The van der Waals surface area contributed by atoms with Crippen molar-refractivity contribution in [2.45, 2.75) is 13.0 Å². The Morgan fingerprint density at radius 3 is 2.52 bits per heavy atom. The molecule has 1 aromatic rings. The number of carbonyl (C=O) groups excluding carboxylic acids is 1. The van der Waals surface area contributed by atoms with Gasteiger partial charge in [0.25, 0.3) is 0 Å². The number of hydrogen-bond donors (Lipinski definition) is 1. The summed E-state index contributed by atoms with van der Waals surface area (Å²) in [5, 5.41) is 8.95. The van der Waals surface area contributed by atoms with Crippen LogP contribution in [-0.4, -0.2) is 53.0 Å². The van der Waals surface area contributed by atoms with Gasteiger partial charge in [-0.25, -0.2) is 0 Å². The second kappa shape index (κ2) is 5.48. The fraction of sp³-hybridized carbons (Fsp3) is 0.500. The van der Waals surface area contributed by atoms with E-state index in [1.807, 2.05) is 28.0 Å². The lowest BCUT2D eigenvalue weighted by molar-refractivity contribution is -0.138. The first kappa shape index (κ1) is 14.1. The van der Waals surface area contributed by atoms with Crippen LogP contribution in [0.2, 0.25) is 0 Å². The Kier molecular flexibility index (Phi) is 3.68. The van der Waals surface area contributed by atoms with E-state index in [0.29, 0.717) is 11.8 Å². The molecular weight excluding hydrogens is 268 g/mol. The maximum atomic E-state index is 11.9. The zero-order chi connectivity index (χ0) is 15.0. The summed E-state index contributed by atoms with van der Waals surface area (Å²) in [4.78, 5) is 26.8. The minimum Gasteiger partial charge on any atom is -0.480 e. The fourth-order valence-electron chi connectivity index (χ4n) is 3.86. The molecule has 0 spiro atoms. The number of carboxylic acids is 1. The molecule has 5 heteroatoms. The Hall–Kier alpha value is -1.88. The van der Waals surface area contributed by atoms with Gasteiger partial charge in [-0.1, -0.05) is 30.3 Å². The second-order valence-electron chi connectivity index (χ2n) is 6.04. The van der Waals surface area contributed by atoms with E-state index in [0.717, 1.165) is 25.2 Å². The number of hydrogen-bond acceptors (Lipinski definition) is 3. The minimum absolute atomic E-state index is 0.0764. The molecule has 112 valence electrons. The Balaban J connectivity index is 1.84. The summed E-state index contributed by atoms with van der Waals surface area (Å²) in [7, 11) is 0. The number of carbonyl (C=O) groups is 2. The van der Waals surface area contributed by atoms with Gasteiger partial charge < -0.3 is 10.0 Å². The third-order valence-corrected chi connectivity index (χ3v) is 4.64. The average Bonchev–Trinajstić information content (AvgIpc) is 2.95. The third kappa shape index (κ3) is 2.65. The largest absolute Gasteiger partial charge is 0.480 e. The number of rotatable bonds is 3. The summed E-state index contributed by atoms with van der Waals surface area (Å²) < 4.78 is 0. The molecule has 2 heterocycles. The van der Waals surface area contributed by atoms with Gasteiger partial charge in [-0.2, -0.15) is 0 Å². The van der Waals surface area contributed by atoms with Crippen molar-refractivity contribution in [2.24, 2.45) is 11.8 Å². The number of amides is 1. The van der Waals surface area contributed by atoms with Gasteiger partial charge in [0.15, 0.2) is 0 Å². The van der Waals surface area contributed by atoms with Crippen LogP contribution < -0.4 is 0 Å². The van der Waals surface area contributed by atoms with E-state index >= 15 is 0 Å². The molecule has 2 aliphatic heterocycles. The van der Waals surface area contributed by atoms with Crippen LogP contribution in [0.1, 0.15) is 18.5 Å². The summed E-state index contributed by atoms with van der Waals surface area (Å²) in [6.07, 6.45) is 0. The number of benzene rings is 1. The van der Waals surface area contributed by atoms with Crippen LogP contribution in [0.3, 0.4) is 0 Å². The maximum Gasteiger partial charge on any atom is 0.317 e. The number of fused-ring (bicyclic) bond motifs is 1. The van der Waals surface area contributed by atoms with Crippen LogP contribution in [0.25, 0.3) is 0 Å². The first-order chi connectivity index (χ1) is 10.1. The smallest absolute Gasteiger partial charge is 0.317 e. The molecule has 0 bridgehead atoms. The number of aliphatic carboxylic acids is 1. The molecule has 21 heavy (non-hydrogen) atoms. The second-order valence-corrected chi connectivity index (χ2v) is 6.04. The molecule has 1 aromatic carbocycles. The Morgan fingerprint density at radius 1 is 1.19 bits per heavy atom. The number of carboxylic acid groups (broad SMARTS) is 1. The summed E-state index contributed by atoms with van der Waals surface area (Å²) in [6, 6.07) is 10.1. The zero-order valence-electron chi connectivity index (χ0n) is 12.1. The van der Waals surface area contributed by atoms with Crippen LogP contribution in [0, 0.1) is 11.8 Å². The lowest BCUT2D eigenvalue weighted by atomic mass is 9.89. The van der Waals surface area contributed by atoms with E-state index in [9.17, 15) is 9.59 Å². The highest BCUT2D eigenvalue weighted by atomic mass is 16.4. The highest BCUT2D eigenvalue weighted by molar-refractivity contribution is 5.74. The monoisotopic (exact) mass is 288 g/mol. The summed E-state index contributed by atoms with van der Waals surface area (Å²) >= 11 is 0. The van der Waals surface area contributed by atoms with Crippen LogP contribution in [-0.2, 0) is 9.59 Å². The molecule has 0 unspecified atom stereocenters. The van der Waals surface area contributed by atoms with Crippen LogP contribution in [0.5, 0.6) is 0 Å². The lowest BCUT2D eigenvalue weighted by Gasteiger charge is -2.28. The van der Waals surface area contributed by atoms with Gasteiger partial charge in [0.1, 0.15) is 0 Å². The molecule has 1 N–H and O–H groups in total. The van der Waals surface area contributed by atoms with Crippen molar-refractivity contribution in [3.8, 4) is 0 Å². The molecule has 0 saturated carbocycles. The molecule has 2 saturated heterocycles. The summed E-state index contributed by atoms with van der Waals surface area (Å²) in [6.45, 7) is 3.96. The highest BCUT2D eigenvalue weighted by Crippen LogP contribution is 2.44. The Bertz CT molecular complexity index is 546. The molecule has 5 nitrogen and oxygen atoms in total. The highest BCUT2D eigenvalue weighted by Gasteiger charge is 2.48. The molecule has 0 radical (unpaired) electrons. The topological polar surface area (TPSA) is 60.9 Å². The van der Waals surface area contributed by atoms with Crippen molar-refractivity contribution < 1.29 is 14.7 Å². The maximum absolute atomic E-state index is 11.9. The van der Waals surface area contributed by atoms with Crippen molar-refractivity contribution in [3.05, 3.63) is 35.9 Å². The predicted molar refractivity (Wildman–Crippen MR) is 77.6 cm³/mol. The summed E-state index contributed by atoms with van der Waals surface area (Å²) in [5.74, 6) is 0.0202. The number of likely N-dealkylation sites (tertiary alicyclic amines) is 2. The first-order valence-electron chi connectivity index (χ1n) is 7.32. The SMILES string of the molecule is CC(=O)N1C[C@H]2CN(CC(=O)O)C[C@H]2[C@@H]1c1ccccc1. The number of nitrogens with zero attached hydrogens (tertiary/aromatic N) is 2. The molecule has 3 atom stereocenters. The van der Waals surface area contributed by atoms with Crippen molar-refractivity contribution in [1.82, 2.24) is 9.80 Å². The van der Waals surface area contributed by atoms with Crippen molar-refractivity contribution in [2.75, 3.05) is 26.2 Å². The van der Waals surface area contributed by atoms with E-state index in [1.165, 1.54) is 0 Å². The van der Waals surface area contributed by atoms with E-state index < -0.39 is 5.97 Å². The van der Waals surface area contributed by atoms with Gasteiger partial charge in [0.2, 0.25) is 5.91 Å². The average molecular weight is 288 g/mol. The quantitative estimate of drug-likeness (QED) is 0.908. The van der Waals surface area contributed by atoms with Crippen molar-refractivity contribution in [1.29, 1.82) is 0 Å². The van der Waals surface area contributed by atoms with Crippen LogP contribution in [0.15, 0.2) is 30.3 Å². The van der Waals surface area contributed by atoms with Gasteiger partial charge in [0.05, 0.1) is 12.6 Å². The first-order valence-corrected chi connectivity index (χ1v) is 7.32. The molecule has 0 aromatic heterocycles. The molecule has 2 fully saturated rings. The normalized spacial score (nSPS) is 28.6. The van der Waals surface area contributed by atoms with Crippen LogP contribution in [0.4, 0.5) is 0 Å². The standard InChI is InChI=1S/C16H20N2O3/c1-11(19)18-8-13-7-17(10-15(20)21)9-14(13)16(18)12-5-3-2-4-6-12/h2-6,13-14,16H,7-10H2,1H3,(H,20,21)/t13-,14-,16+/m1/s1. The van der Waals surface area contributed by atoms with Crippen molar-refractivity contribution in [3.63, 3.8) is 0 Å². The van der Waals surface area contributed by atoms with Crippen LogP contribution >= 0.6 is 0 Å². The van der Waals surface area contributed by atoms with Gasteiger partial charge in [0, 0.05) is 32.5 Å². The van der Waals surface area contributed by atoms with Gasteiger partial charge >= 0.3 is 5.97 Å². The lowest BCUT2D eigenvalue weighted by Crippen LogP contribution is -2.35. The minimum atomic E-state index is -0.783. The molecular formula is C16H20N2O3. The van der Waals surface area contributed by atoms with Gasteiger partial charge in [-0.05, 0) is 11.5 Å². The van der Waals surface area contributed by atoms with E-state index in [-0.39, 0.29) is 18.5 Å². The predicted octanol–water partition coefficient (Wildman–Crippen LogP) is 1.22. The molecule has 3 rings (SSSR count). The summed E-state index contributed by atoms with van der Waals surface area (Å²) in [5.41, 5.74) is 1.15. The Morgan fingerprint density at radius 2 is 1.90 bits per heavy atom. The third-order valence-electron chi connectivity index (χ3n) is 4.64. The molecule has 2 aliphatic rings. The Labute approximate surface area is 124 Å². The molecule has 1 amide bonds.